The summed E-state index contributed by atoms with van der Waals surface area (Å²) in [5.74, 6) is 2.10. The van der Waals surface area contributed by atoms with Gasteiger partial charge in [0.2, 0.25) is 11.8 Å². The molecule has 0 spiro atoms. The van der Waals surface area contributed by atoms with E-state index in [1.165, 1.54) is 32.1 Å². The number of carbonyl (C=O) groups excluding carboxylic acids is 1. The van der Waals surface area contributed by atoms with Crippen molar-refractivity contribution in [3.63, 3.8) is 0 Å². The maximum absolute atomic E-state index is 11.5. The van der Waals surface area contributed by atoms with Crippen LogP contribution in [-0.2, 0) is 11.3 Å². The Bertz CT molecular complexity index is 424. The van der Waals surface area contributed by atoms with Crippen molar-refractivity contribution >= 4 is 5.91 Å². The minimum atomic E-state index is 0.201. The molecule has 3 rings (SSSR count). The topological polar surface area (TPSA) is 59.2 Å². The molecule has 0 aromatic carbocycles. The summed E-state index contributed by atoms with van der Waals surface area (Å²) in [5.41, 5.74) is 0. The van der Waals surface area contributed by atoms with Crippen LogP contribution in [0.5, 0.6) is 0 Å². The van der Waals surface area contributed by atoms with Crippen molar-refractivity contribution in [2.75, 3.05) is 6.54 Å². The van der Waals surface area contributed by atoms with Gasteiger partial charge in [-0.3, -0.25) is 4.79 Å². The third kappa shape index (κ3) is 2.40. The zero-order valence-corrected chi connectivity index (χ0v) is 10.6. The molecule has 1 aromatic heterocycles. The van der Waals surface area contributed by atoms with Crippen molar-refractivity contribution in [1.82, 2.24) is 15.0 Å². The van der Waals surface area contributed by atoms with Gasteiger partial charge in [0.15, 0.2) is 5.82 Å². The molecule has 18 heavy (non-hydrogen) atoms. The maximum atomic E-state index is 11.5. The van der Waals surface area contributed by atoms with Gasteiger partial charge in [0.05, 0.1) is 6.54 Å². The second kappa shape index (κ2) is 5.08. The molecule has 1 saturated heterocycles. The highest BCUT2D eigenvalue weighted by atomic mass is 16.5. The lowest BCUT2D eigenvalue weighted by atomic mass is 9.89. The highest BCUT2D eigenvalue weighted by molar-refractivity contribution is 5.77. The summed E-state index contributed by atoms with van der Waals surface area (Å²) in [6.07, 6.45) is 7.79. The van der Waals surface area contributed by atoms with Gasteiger partial charge in [0.25, 0.3) is 0 Å². The molecule has 1 aromatic rings. The number of hydrogen-bond donors (Lipinski definition) is 0. The highest BCUT2D eigenvalue weighted by Gasteiger charge is 2.24. The van der Waals surface area contributed by atoms with Gasteiger partial charge in [-0.2, -0.15) is 4.98 Å². The van der Waals surface area contributed by atoms with E-state index in [0.29, 0.717) is 24.8 Å². The summed E-state index contributed by atoms with van der Waals surface area (Å²) < 4.78 is 5.27. The van der Waals surface area contributed by atoms with Crippen LogP contribution >= 0.6 is 0 Å². The molecule has 1 aliphatic heterocycles. The predicted molar refractivity (Wildman–Crippen MR) is 64.8 cm³/mol. The lowest BCUT2D eigenvalue weighted by molar-refractivity contribution is -0.128. The Morgan fingerprint density at radius 1 is 1.22 bits per heavy atom. The zero-order chi connectivity index (χ0) is 12.4. The van der Waals surface area contributed by atoms with Crippen LogP contribution in [0.3, 0.4) is 0 Å². The predicted octanol–water partition coefficient (Wildman–Crippen LogP) is 2.24. The largest absolute Gasteiger partial charge is 0.337 e. The van der Waals surface area contributed by atoms with E-state index in [2.05, 4.69) is 10.1 Å². The third-order valence-corrected chi connectivity index (χ3v) is 3.95. The molecule has 0 radical (unpaired) electrons. The fraction of sp³-hybridized carbons (Fsp3) is 0.769. The van der Waals surface area contributed by atoms with Crippen LogP contribution in [0.15, 0.2) is 4.52 Å². The fourth-order valence-corrected chi connectivity index (χ4v) is 2.89. The number of nitrogens with zero attached hydrogens (tertiary/aromatic N) is 3. The molecule has 5 heteroatoms. The Morgan fingerprint density at radius 3 is 2.78 bits per heavy atom. The first kappa shape index (κ1) is 11.7. The van der Waals surface area contributed by atoms with Crippen LogP contribution in [0.2, 0.25) is 0 Å². The van der Waals surface area contributed by atoms with Gasteiger partial charge in [-0.05, 0) is 19.3 Å². The molecule has 0 atom stereocenters. The molecule has 98 valence electrons. The molecule has 1 aliphatic carbocycles. The van der Waals surface area contributed by atoms with Crippen molar-refractivity contribution in [2.45, 2.75) is 57.4 Å². The number of amides is 1. The molecule has 5 nitrogen and oxygen atoms in total. The Labute approximate surface area is 107 Å². The second-order valence-corrected chi connectivity index (χ2v) is 5.30. The van der Waals surface area contributed by atoms with Crippen molar-refractivity contribution in [3.05, 3.63) is 11.7 Å². The molecule has 0 unspecified atom stereocenters. The molecule has 1 saturated carbocycles. The van der Waals surface area contributed by atoms with Gasteiger partial charge >= 0.3 is 0 Å². The standard InChI is InChI=1S/C13H19N3O2/c17-12-7-4-8-16(12)9-11-14-13(15-18-11)10-5-2-1-3-6-10/h10H,1-9H2. The van der Waals surface area contributed by atoms with E-state index in [-0.39, 0.29) is 5.91 Å². The van der Waals surface area contributed by atoms with E-state index in [9.17, 15) is 4.79 Å². The Hall–Kier alpha value is -1.39. The minimum absolute atomic E-state index is 0.201. The van der Waals surface area contributed by atoms with Gasteiger partial charge < -0.3 is 9.42 Å². The summed E-state index contributed by atoms with van der Waals surface area (Å²) in [6, 6.07) is 0. The number of carbonyl (C=O) groups is 1. The lowest BCUT2D eigenvalue weighted by Gasteiger charge is -2.17. The average Bonchev–Trinajstić information content (AvgIpc) is 3.02. The van der Waals surface area contributed by atoms with Crippen molar-refractivity contribution < 1.29 is 9.32 Å². The first-order chi connectivity index (χ1) is 8.83. The summed E-state index contributed by atoms with van der Waals surface area (Å²) in [6.45, 7) is 1.30. The van der Waals surface area contributed by atoms with Crippen molar-refractivity contribution in [3.8, 4) is 0 Å². The first-order valence-electron chi connectivity index (χ1n) is 6.93. The Kier molecular flexibility index (Phi) is 3.30. The first-order valence-corrected chi connectivity index (χ1v) is 6.93. The Morgan fingerprint density at radius 2 is 2.06 bits per heavy atom. The van der Waals surface area contributed by atoms with Crippen LogP contribution < -0.4 is 0 Å². The molecule has 2 aliphatic rings. The van der Waals surface area contributed by atoms with Crippen LogP contribution in [0.4, 0.5) is 0 Å². The molecule has 0 bridgehead atoms. The number of rotatable bonds is 3. The monoisotopic (exact) mass is 249 g/mol. The smallest absolute Gasteiger partial charge is 0.246 e. The molecular formula is C13H19N3O2. The van der Waals surface area contributed by atoms with E-state index >= 15 is 0 Å². The molecular weight excluding hydrogens is 230 g/mol. The fourth-order valence-electron chi connectivity index (χ4n) is 2.89. The third-order valence-electron chi connectivity index (χ3n) is 3.95. The summed E-state index contributed by atoms with van der Waals surface area (Å²) in [5, 5.41) is 4.08. The van der Waals surface area contributed by atoms with E-state index in [1.54, 1.807) is 4.90 Å². The van der Waals surface area contributed by atoms with E-state index in [1.807, 2.05) is 0 Å². The SMILES string of the molecule is O=C1CCCN1Cc1nc(C2CCCCC2)no1. The quantitative estimate of drug-likeness (QED) is 0.824. The van der Waals surface area contributed by atoms with Gasteiger partial charge in [-0.1, -0.05) is 24.4 Å². The average molecular weight is 249 g/mol. The van der Waals surface area contributed by atoms with Gasteiger partial charge in [0, 0.05) is 18.9 Å². The summed E-state index contributed by atoms with van der Waals surface area (Å²) in [7, 11) is 0. The number of hydrogen-bond acceptors (Lipinski definition) is 4. The van der Waals surface area contributed by atoms with E-state index in [0.717, 1.165) is 18.8 Å². The van der Waals surface area contributed by atoms with Gasteiger partial charge in [-0.15, -0.1) is 0 Å². The van der Waals surface area contributed by atoms with Gasteiger partial charge in [-0.25, -0.2) is 0 Å². The molecule has 2 fully saturated rings. The van der Waals surface area contributed by atoms with Crippen molar-refractivity contribution in [2.24, 2.45) is 0 Å². The van der Waals surface area contributed by atoms with Gasteiger partial charge in [0.1, 0.15) is 0 Å². The highest BCUT2D eigenvalue weighted by Crippen LogP contribution is 2.30. The Balaban J connectivity index is 1.63. The van der Waals surface area contributed by atoms with Crippen LogP contribution in [-0.4, -0.2) is 27.5 Å². The summed E-state index contributed by atoms with van der Waals surface area (Å²) in [4.78, 5) is 17.8. The second-order valence-electron chi connectivity index (χ2n) is 5.30. The van der Waals surface area contributed by atoms with E-state index < -0.39 is 0 Å². The zero-order valence-electron chi connectivity index (χ0n) is 10.6. The maximum Gasteiger partial charge on any atom is 0.246 e. The molecule has 2 heterocycles. The molecule has 0 N–H and O–H groups in total. The van der Waals surface area contributed by atoms with Crippen LogP contribution in [0.25, 0.3) is 0 Å². The normalized spacial score (nSPS) is 21.8. The lowest BCUT2D eigenvalue weighted by Crippen LogP contribution is -2.24. The molecule has 1 amide bonds. The van der Waals surface area contributed by atoms with Crippen LogP contribution in [0, 0.1) is 0 Å². The van der Waals surface area contributed by atoms with E-state index in [4.69, 9.17) is 4.52 Å². The summed E-state index contributed by atoms with van der Waals surface area (Å²) >= 11 is 0. The minimum Gasteiger partial charge on any atom is -0.337 e. The van der Waals surface area contributed by atoms with Crippen LogP contribution in [0.1, 0.15) is 62.6 Å². The van der Waals surface area contributed by atoms with Crippen molar-refractivity contribution in [1.29, 1.82) is 0 Å². The number of aromatic nitrogens is 2. The number of likely N-dealkylation sites (tertiary alicyclic amines) is 1.